The van der Waals surface area contributed by atoms with Crippen molar-refractivity contribution in [2.75, 3.05) is 6.61 Å². The van der Waals surface area contributed by atoms with E-state index in [9.17, 15) is 4.39 Å². The van der Waals surface area contributed by atoms with Gasteiger partial charge in [0.2, 0.25) is 0 Å². The minimum atomic E-state index is -0.455. The molecule has 164 valence electrons. The van der Waals surface area contributed by atoms with Crippen molar-refractivity contribution in [2.45, 2.75) is 38.7 Å². The molecule has 2 atom stereocenters. The lowest BCUT2D eigenvalue weighted by molar-refractivity contribution is 0.00398. The van der Waals surface area contributed by atoms with Gasteiger partial charge in [0.1, 0.15) is 22.9 Å². The summed E-state index contributed by atoms with van der Waals surface area (Å²) >= 11 is 5.98. The molecule has 1 fully saturated rings. The maximum Gasteiger partial charge on any atom is 0.182 e. The summed E-state index contributed by atoms with van der Waals surface area (Å²) in [7, 11) is 1.88. The van der Waals surface area contributed by atoms with Crippen LogP contribution in [0.25, 0.3) is 22.4 Å². The van der Waals surface area contributed by atoms with Crippen molar-refractivity contribution >= 4 is 22.8 Å². The van der Waals surface area contributed by atoms with Crippen LogP contribution in [0, 0.1) is 19.7 Å². The molecule has 1 aliphatic rings. The van der Waals surface area contributed by atoms with Gasteiger partial charge in [0.25, 0.3) is 0 Å². The Bertz CT molecular complexity index is 1320. The SMILES string of the molecule is Cc1nc2nc([C@H]3CCO[C@@H](c4cnn(C)c4)C3)nc(-c3ccc(Cl)cc3F)c2nc1C. The normalized spacial score (nSPS) is 18.9. The Labute approximate surface area is 189 Å². The van der Waals surface area contributed by atoms with Crippen molar-refractivity contribution in [3.05, 3.63) is 64.2 Å². The molecule has 3 aromatic heterocycles. The highest BCUT2D eigenvalue weighted by Gasteiger charge is 2.29. The highest BCUT2D eigenvalue weighted by molar-refractivity contribution is 6.30. The second-order valence-corrected chi connectivity index (χ2v) is 8.59. The first-order chi connectivity index (χ1) is 15.4. The van der Waals surface area contributed by atoms with Gasteiger partial charge in [0, 0.05) is 41.9 Å². The number of hydrogen-bond donors (Lipinski definition) is 0. The van der Waals surface area contributed by atoms with Crippen molar-refractivity contribution in [1.82, 2.24) is 29.7 Å². The van der Waals surface area contributed by atoms with Crippen molar-refractivity contribution < 1.29 is 9.13 Å². The monoisotopic (exact) mass is 452 g/mol. The molecule has 4 aromatic rings. The minimum Gasteiger partial charge on any atom is -0.373 e. The number of halogens is 2. The molecule has 0 unspecified atom stereocenters. The molecule has 0 amide bonds. The summed E-state index contributed by atoms with van der Waals surface area (Å²) < 4.78 is 22.6. The van der Waals surface area contributed by atoms with Crippen LogP contribution in [0.1, 0.15) is 47.6 Å². The molecule has 7 nitrogen and oxygen atoms in total. The quantitative estimate of drug-likeness (QED) is 0.441. The molecule has 0 N–H and O–H groups in total. The lowest BCUT2D eigenvalue weighted by atomic mass is 9.92. The van der Waals surface area contributed by atoms with Crippen LogP contribution >= 0.6 is 11.6 Å². The first kappa shape index (κ1) is 20.9. The Morgan fingerprint density at radius 3 is 2.69 bits per heavy atom. The second-order valence-electron chi connectivity index (χ2n) is 8.15. The van der Waals surface area contributed by atoms with Gasteiger partial charge >= 0.3 is 0 Å². The number of benzene rings is 1. The van der Waals surface area contributed by atoms with Crippen LogP contribution in [0.5, 0.6) is 0 Å². The molecule has 1 aliphatic heterocycles. The van der Waals surface area contributed by atoms with Gasteiger partial charge in [0.15, 0.2) is 5.65 Å². The zero-order valence-corrected chi connectivity index (χ0v) is 18.8. The molecule has 0 radical (unpaired) electrons. The van der Waals surface area contributed by atoms with Crippen LogP contribution in [0.2, 0.25) is 5.02 Å². The second kappa shape index (κ2) is 8.18. The van der Waals surface area contributed by atoms with Gasteiger partial charge in [0.05, 0.1) is 23.7 Å². The molecule has 0 saturated carbocycles. The molecule has 1 aromatic carbocycles. The minimum absolute atomic E-state index is 0.0378. The van der Waals surface area contributed by atoms with E-state index >= 15 is 0 Å². The van der Waals surface area contributed by atoms with Crippen molar-refractivity contribution in [3.8, 4) is 11.3 Å². The van der Waals surface area contributed by atoms with E-state index in [1.165, 1.54) is 6.07 Å². The van der Waals surface area contributed by atoms with Gasteiger partial charge in [-0.05, 0) is 44.9 Å². The molecule has 5 rings (SSSR count). The Morgan fingerprint density at radius 1 is 1.12 bits per heavy atom. The van der Waals surface area contributed by atoms with E-state index in [1.54, 1.807) is 16.8 Å². The smallest absolute Gasteiger partial charge is 0.182 e. The zero-order chi connectivity index (χ0) is 22.4. The fourth-order valence-electron chi connectivity index (χ4n) is 4.05. The number of ether oxygens (including phenoxy) is 1. The maximum absolute atomic E-state index is 14.9. The number of hydrogen-bond acceptors (Lipinski definition) is 6. The molecule has 0 aliphatic carbocycles. The predicted molar refractivity (Wildman–Crippen MR) is 119 cm³/mol. The number of nitrogens with zero attached hydrogens (tertiary/aromatic N) is 6. The summed E-state index contributed by atoms with van der Waals surface area (Å²) in [6.45, 7) is 4.34. The average molecular weight is 453 g/mol. The fraction of sp³-hybridized carbons (Fsp3) is 0.348. The predicted octanol–water partition coefficient (Wildman–Crippen LogP) is 4.86. The third-order valence-electron chi connectivity index (χ3n) is 5.89. The van der Waals surface area contributed by atoms with E-state index in [2.05, 4.69) is 15.1 Å². The van der Waals surface area contributed by atoms with E-state index in [1.807, 2.05) is 33.3 Å². The highest BCUT2D eigenvalue weighted by Crippen LogP contribution is 2.38. The first-order valence-electron chi connectivity index (χ1n) is 10.5. The maximum atomic E-state index is 14.9. The van der Waals surface area contributed by atoms with Gasteiger partial charge in [-0.2, -0.15) is 5.10 Å². The fourth-order valence-corrected chi connectivity index (χ4v) is 4.21. The van der Waals surface area contributed by atoms with Crippen LogP contribution in [-0.2, 0) is 11.8 Å². The van der Waals surface area contributed by atoms with Crippen LogP contribution in [-0.4, -0.2) is 36.3 Å². The van der Waals surface area contributed by atoms with Gasteiger partial charge in [-0.25, -0.2) is 24.3 Å². The summed E-state index contributed by atoms with van der Waals surface area (Å²) in [6, 6.07) is 4.56. The number of fused-ring (bicyclic) bond motifs is 1. The topological polar surface area (TPSA) is 78.6 Å². The Hall–Kier alpha value is -2.97. The average Bonchev–Trinajstić information content (AvgIpc) is 3.21. The molecule has 0 bridgehead atoms. The number of rotatable bonds is 3. The molecular weight excluding hydrogens is 431 g/mol. The van der Waals surface area contributed by atoms with Crippen LogP contribution < -0.4 is 0 Å². The summed E-state index contributed by atoms with van der Waals surface area (Å²) in [5.41, 5.74) is 4.27. The highest BCUT2D eigenvalue weighted by atomic mass is 35.5. The van der Waals surface area contributed by atoms with E-state index in [0.29, 0.717) is 46.3 Å². The summed E-state index contributed by atoms with van der Waals surface area (Å²) in [6.07, 6.45) is 5.16. The van der Waals surface area contributed by atoms with Crippen LogP contribution in [0.4, 0.5) is 4.39 Å². The summed E-state index contributed by atoms with van der Waals surface area (Å²) in [5, 5.41) is 4.58. The molecule has 4 heterocycles. The van der Waals surface area contributed by atoms with E-state index < -0.39 is 5.82 Å². The Balaban J connectivity index is 1.62. The molecule has 0 spiro atoms. The number of aromatic nitrogens is 6. The van der Waals surface area contributed by atoms with Crippen LogP contribution in [0.15, 0.2) is 30.6 Å². The lowest BCUT2D eigenvalue weighted by Crippen LogP contribution is -2.20. The molecule has 9 heteroatoms. The standard InChI is InChI=1S/C23H22ClFN6O/c1-12-13(2)28-23-21(27-12)20(17-5-4-16(24)9-18(17)25)29-22(30-23)14-6-7-32-19(8-14)15-10-26-31(3)11-15/h4-5,9-11,14,19H,6-8H2,1-3H3/t14-,19+/m0/s1. The third kappa shape index (κ3) is 3.84. The van der Waals surface area contributed by atoms with E-state index in [4.69, 9.17) is 26.3 Å². The summed E-state index contributed by atoms with van der Waals surface area (Å²) in [4.78, 5) is 18.9. The lowest BCUT2D eigenvalue weighted by Gasteiger charge is -2.28. The molecule has 32 heavy (non-hydrogen) atoms. The largest absolute Gasteiger partial charge is 0.373 e. The van der Waals surface area contributed by atoms with Gasteiger partial charge < -0.3 is 4.74 Å². The summed E-state index contributed by atoms with van der Waals surface area (Å²) in [5.74, 6) is 0.205. The van der Waals surface area contributed by atoms with E-state index in [-0.39, 0.29) is 12.0 Å². The van der Waals surface area contributed by atoms with E-state index in [0.717, 1.165) is 23.4 Å². The van der Waals surface area contributed by atoms with Crippen LogP contribution in [0.3, 0.4) is 0 Å². The van der Waals surface area contributed by atoms with Crippen molar-refractivity contribution in [2.24, 2.45) is 7.05 Å². The molecule has 1 saturated heterocycles. The first-order valence-corrected chi connectivity index (χ1v) is 10.9. The Morgan fingerprint density at radius 2 is 1.94 bits per heavy atom. The Kier molecular flexibility index (Phi) is 5.35. The zero-order valence-electron chi connectivity index (χ0n) is 18.0. The van der Waals surface area contributed by atoms with Crippen molar-refractivity contribution in [1.29, 1.82) is 0 Å². The van der Waals surface area contributed by atoms with Gasteiger partial charge in [-0.15, -0.1) is 0 Å². The van der Waals surface area contributed by atoms with Gasteiger partial charge in [-0.1, -0.05) is 11.6 Å². The number of aryl methyl sites for hydroxylation is 3. The molecular formula is C23H22ClFN6O. The van der Waals surface area contributed by atoms with Crippen molar-refractivity contribution in [3.63, 3.8) is 0 Å². The third-order valence-corrected chi connectivity index (χ3v) is 6.13. The van der Waals surface area contributed by atoms with Gasteiger partial charge in [-0.3, -0.25) is 4.68 Å².